The van der Waals surface area contributed by atoms with Crippen LogP contribution >= 0.6 is 0 Å². The van der Waals surface area contributed by atoms with E-state index in [1.54, 1.807) is 12.1 Å². The van der Waals surface area contributed by atoms with Gasteiger partial charge in [-0.25, -0.2) is 4.39 Å². The van der Waals surface area contributed by atoms with Gasteiger partial charge in [0.05, 0.1) is 0 Å². The highest BCUT2D eigenvalue weighted by Gasteiger charge is 2.19. The number of rotatable bonds is 1. The first-order chi connectivity index (χ1) is 7.84. The Morgan fingerprint density at radius 3 is 2.75 bits per heavy atom. The maximum atomic E-state index is 13.2. The Balaban J connectivity index is 2.05. The van der Waals surface area contributed by atoms with Crippen LogP contribution in [0.5, 0.6) is 0 Å². The molecular formula is C14H12FN. The van der Waals surface area contributed by atoms with E-state index in [4.69, 9.17) is 0 Å². The Morgan fingerprint density at radius 1 is 1.00 bits per heavy atom. The molecule has 1 aliphatic rings. The molecule has 1 heterocycles. The summed E-state index contributed by atoms with van der Waals surface area (Å²) in [5.41, 5.74) is 3.48. The molecule has 0 atom stereocenters. The fourth-order valence-electron chi connectivity index (χ4n) is 2.25. The van der Waals surface area contributed by atoms with E-state index < -0.39 is 0 Å². The third-order valence-corrected chi connectivity index (χ3v) is 3.01. The van der Waals surface area contributed by atoms with Gasteiger partial charge in [0, 0.05) is 17.9 Å². The van der Waals surface area contributed by atoms with Crippen molar-refractivity contribution in [2.45, 2.75) is 6.42 Å². The third kappa shape index (κ3) is 1.47. The van der Waals surface area contributed by atoms with Crippen molar-refractivity contribution in [3.05, 3.63) is 59.9 Å². The van der Waals surface area contributed by atoms with Crippen LogP contribution in [0.4, 0.5) is 15.8 Å². The standard InChI is InChI=1S/C14H12FN/c15-12-5-3-6-13(10-12)16-9-8-11-4-1-2-7-14(11)16/h1-7,10H,8-9H2. The summed E-state index contributed by atoms with van der Waals surface area (Å²) in [5, 5.41) is 0. The van der Waals surface area contributed by atoms with Crippen molar-refractivity contribution in [3.8, 4) is 0 Å². The second kappa shape index (κ2) is 3.63. The van der Waals surface area contributed by atoms with Crippen LogP contribution in [0.2, 0.25) is 0 Å². The van der Waals surface area contributed by atoms with Crippen molar-refractivity contribution in [3.63, 3.8) is 0 Å². The zero-order valence-electron chi connectivity index (χ0n) is 8.86. The molecule has 0 N–H and O–H groups in total. The molecule has 1 nitrogen and oxygen atoms in total. The van der Waals surface area contributed by atoms with Crippen molar-refractivity contribution in [2.24, 2.45) is 0 Å². The molecule has 2 aromatic rings. The van der Waals surface area contributed by atoms with Crippen LogP contribution in [-0.2, 0) is 6.42 Å². The molecule has 2 heteroatoms. The van der Waals surface area contributed by atoms with Gasteiger partial charge in [0.25, 0.3) is 0 Å². The molecule has 2 aromatic carbocycles. The zero-order chi connectivity index (χ0) is 11.0. The summed E-state index contributed by atoms with van der Waals surface area (Å²) in [7, 11) is 0. The average molecular weight is 213 g/mol. The van der Waals surface area contributed by atoms with E-state index in [-0.39, 0.29) is 5.82 Å². The van der Waals surface area contributed by atoms with E-state index in [0.717, 1.165) is 18.7 Å². The van der Waals surface area contributed by atoms with Crippen LogP contribution in [0.15, 0.2) is 48.5 Å². The maximum absolute atomic E-state index is 13.2. The van der Waals surface area contributed by atoms with Crippen molar-refractivity contribution in [1.82, 2.24) is 0 Å². The third-order valence-electron chi connectivity index (χ3n) is 3.01. The predicted molar refractivity (Wildman–Crippen MR) is 63.6 cm³/mol. The maximum Gasteiger partial charge on any atom is 0.125 e. The highest BCUT2D eigenvalue weighted by atomic mass is 19.1. The first kappa shape index (κ1) is 9.40. The lowest BCUT2D eigenvalue weighted by molar-refractivity contribution is 0.627. The number of fused-ring (bicyclic) bond motifs is 1. The van der Waals surface area contributed by atoms with Gasteiger partial charge in [0.15, 0.2) is 0 Å². The van der Waals surface area contributed by atoms with E-state index in [2.05, 4.69) is 17.0 Å². The van der Waals surface area contributed by atoms with Gasteiger partial charge < -0.3 is 4.90 Å². The van der Waals surface area contributed by atoms with Crippen LogP contribution in [0.25, 0.3) is 0 Å². The minimum absolute atomic E-state index is 0.179. The smallest absolute Gasteiger partial charge is 0.125 e. The molecule has 0 radical (unpaired) electrons. The molecule has 3 rings (SSSR count). The molecule has 0 aromatic heterocycles. The molecule has 0 spiro atoms. The molecule has 0 saturated carbocycles. The van der Waals surface area contributed by atoms with Gasteiger partial charge >= 0.3 is 0 Å². The van der Waals surface area contributed by atoms with Gasteiger partial charge in [-0.05, 0) is 36.2 Å². The molecular weight excluding hydrogens is 201 g/mol. The SMILES string of the molecule is Fc1cccc(N2CCc3ccccc32)c1. The first-order valence-corrected chi connectivity index (χ1v) is 5.45. The van der Waals surface area contributed by atoms with Gasteiger partial charge in [0.2, 0.25) is 0 Å². The van der Waals surface area contributed by atoms with Gasteiger partial charge in [0.1, 0.15) is 5.82 Å². The van der Waals surface area contributed by atoms with Crippen molar-refractivity contribution < 1.29 is 4.39 Å². The number of para-hydroxylation sites is 1. The molecule has 0 fully saturated rings. The summed E-state index contributed by atoms with van der Waals surface area (Å²) in [6.45, 7) is 0.933. The van der Waals surface area contributed by atoms with Crippen molar-refractivity contribution in [2.75, 3.05) is 11.4 Å². The molecule has 0 aliphatic carbocycles. The second-order valence-corrected chi connectivity index (χ2v) is 4.01. The molecule has 0 saturated heterocycles. The lowest BCUT2D eigenvalue weighted by Gasteiger charge is -2.19. The summed E-state index contributed by atoms with van der Waals surface area (Å²) in [4.78, 5) is 2.17. The topological polar surface area (TPSA) is 3.24 Å². The molecule has 0 bridgehead atoms. The lowest BCUT2D eigenvalue weighted by Crippen LogP contribution is -2.13. The number of halogens is 1. The number of anilines is 2. The molecule has 0 unspecified atom stereocenters. The molecule has 16 heavy (non-hydrogen) atoms. The Bertz CT molecular complexity index is 522. The van der Waals surface area contributed by atoms with Crippen LogP contribution in [-0.4, -0.2) is 6.54 Å². The first-order valence-electron chi connectivity index (χ1n) is 5.45. The Kier molecular flexibility index (Phi) is 2.13. The van der Waals surface area contributed by atoms with Crippen molar-refractivity contribution >= 4 is 11.4 Å². The highest BCUT2D eigenvalue weighted by molar-refractivity contribution is 5.69. The Hall–Kier alpha value is -1.83. The van der Waals surface area contributed by atoms with Crippen LogP contribution in [0.1, 0.15) is 5.56 Å². The number of nitrogens with zero attached hydrogens (tertiary/aromatic N) is 1. The van der Waals surface area contributed by atoms with E-state index >= 15 is 0 Å². The van der Waals surface area contributed by atoms with E-state index in [0.29, 0.717) is 0 Å². The largest absolute Gasteiger partial charge is 0.341 e. The Morgan fingerprint density at radius 2 is 1.88 bits per heavy atom. The monoisotopic (exact) mass is 213 g/mol. The van der Waals surface area contributed by atoms with Gasteiger partial charge in [-0.3, -0.25) is 0 Å². The zero-order valence-corrected chi connectivity index (χ0v) is 8.86. The fourth-order valence-corrected chi connectivity index (χ4v) is 2.25. The van der Waals surface area contributed by atoms with Gasteiger partial charge in [-0.15, -0.1) is 0 Å². The number of benzene rings is 2. The Labute approximate surface area is 94.1 Å². The van der Waals surface area contributed by atoms with Crippen LogP contribution in [0, 0.1) is 5.82 Å². The fraction of sp³-hybridized carbons (Fsp3) is 0.143. The van der Waals surface area contributed by atoms with Gasteiger partial charge in [-0.1, -0.05) is 24.3 Å². The summed E-state index contributed by atoms with van der Waals surface area (Å²) in [6.07, 6.45) is 1.03. The van der Waals surface area contributed by atoms with E-state index in [9.17, 15) is 4.39 Å². The van der Waals surface area contributed by atoms with Crippen molar-refractivity contribution in [1.29, 1.82) is 0 Å². The minimum atomic E-state index is -0.179. The normalized spacial score (nSPS) is 13.9. The van der Waals surface area contributed by atoms with Gasteiger partial charge in [-0.2, -0.15) is 0 Å². The quantitative estimate of drug-likeness (QED) is 0.700. The molecule has 0 amide bonds. The number of hydrogen-bond acceptors (Lipinski definition) is 1. The minimum Gasteiger partial charge on any atom is -0.341 e. The highest BCUT2D eigenvalue weighted by Crippen LogP contribution is 2.34. The summed E-state index contributed by atoms with van der Waals surface area (Å²) in [5.74, 6) is -0.179. The summed E-state index contributed by atoms with van der Waals surface area (Å²) >= 11 is 0. The molecule has 1 aliphatic heterocycles. The lowest BCUT2D eigenvalue weighted by atomic mass is 10.2. The van der Waals surface area contributed by atoms with E-state index in [1.165, 1.54) is 17.3 Å². The predicted octanol–water partition coefficient (Wildman–Crippen LogP) is 3.52. The molecule has 80 valence electrons. The summed E-state index contributed by atoms with van der Waals surface area (Å²) < 4.78 is 13.2. The van der Waals surface area contributed by atoms with Crippen LogP contribution in [0.3, 0.4) is 0 Å². The number of hydrogen-bond donors (Lipinski definition) is 0. The second-order valence-electron chi connectivity index (χ2n) is 4.01. The average Bonchev–Trinajstić information content (AvgIpc) is 2.72. The van der Waals surface area contributed by atoms with Crippen LogP contribution < -0.4 is 4.90 Å². The summed E-state index contributed by atoms with van der Waals surface area (Å²) in [6, 6.07) is 15.1. The van der Waals surface area contributed by atoms with E-state index in [1.807, 2.05) is 18.2 Å².